The van der Waals surface area contributed by atoms with E-state index >= 15 is 0 Å². The Morgan fingerprint density at radius 1 is 1.33 bits per heavy atom. The summed E-state index contributed by atoms with van der Waals surface area (Å²) in [6.45, 7) is 0.847. The maximum atomic E-state index is 11.7. The van der Waals surface area contributed by atoms with Gasteiger partial charge in [0, 0.05) is 6.54 Å². The lowest BCUT2D eigenvalue weighted by Gasteiger charge is -2.22. The van der Waals surface area contributed by atoms with Crippen molar-refractivity contribution in [2.75, 3.05) is 13.2 Å². The number of carbonyl (C=O) groups is 2. The minimum absolute atomic E-state index is 0.0878. The Labute approximate surface area is 106 Å². The molecule has 2 amide bonds. The Morgan fingerprint density at radius 3 is 2.72 bits per heavy atom. The van der Waals surface area contributed by atoms with E-state index in [0.717, 1.165) is 12.8 Å². The minimum Gasteiger partial charge on any atom is -0.460 e. The quantitative estimate of drug-likeness (QED) is 0.821. The molecule has 1 saturated heterocycles. The molecule has 1 fully saturated rings. The average molecular weight is 248 g/mol. The van der Waals surface area contributed by atoms with Gasteiger partial charge in [-0.3, -0.25) is 0 Å². The zero-order valence-corrected chi connectivity index (χ0v) is 10.0. The van der Waals surface area contributed by atoms with E-state index < -0.39 is 6.03 Å². The highest BCUT2D eigenvalue weighted by Crippen LogP contribution is 2.17. The monoisotopic (exact) mass is 248 g/mol. The number of nitrogens with two attached hydrogens (primary N) is 1. The number of hydrogen-bond donors (Lipinski definition) is 1. The van der Waals surface area contributed by atoms with E-state index in [1.54, 1.807) is 29.2 Å². The predicted molar refractivity (Wildman–Crippen MR) is 66.0 cm³/mol. The molecular weight excluding hydrogens is 232 g/mol. The lowest BCUT2D eigenvalue weighted by atomic mass is 10.2. The number of primary amides is 1. The molecule has 18 heavy (non-hydrogen) atoms. The lowest BCUT2D eigenvalue weighted by molar-refractivity contribution is 0.0422. The number of nitrogens with zero attached hydrogens (tertiary/aromatic N) is 1. The van der Waals surface area contributed by atoms with E-state index in [1.165, 1.54) is 0 Å². The fourth-order valence-corrected chi connectivity index (χ4v) is 2.13. The lowest BCUT2D eigenvalue weighted by Crippen LogP contribution is -2.41. The van der Waals surface area contributed by atoms with E-state index in [1.807, 2.05) is 6.07 Å². The molecule has 1 aliphatic heterocycles. The topological polar surface area (TPSA) is 72.6 Å². The maximum Gasteiger partial charge on any atom is 0.338 e. The molecule has 0 aliphatic carbocycles. The number of esters is 1. The first-order valence-electron chi connectivity index (χ1n) is 5.96. The molecule has 96 valence electrons. The number of benzene rings is 1. The van der Waals surface area contributed by atoms with Gasteiger partial charge in [-0.1, -0.05) is 18.2 Å². The molecule has 1 aromatic rings. The second kappa shape index (κ2) is 5.53. The van der Waals surface area contributed by atoms with Crippen LogP contribution in [-0.4, -0.2) is 36.1 Å². The summed E-state index contributed by atoms with van der Waals surface area (Å²) in [5, 5.41) is 0. The Bertz CT molecular complexity index is 433. The molecule has 1 heterocycles. The second-order valence-corrected chi connectivity index (χ2v) is 4.29. The second-order valence-electron chi connectivity index (χ2n) is 4.29. The third kappa shape index (κ3) is 2.80. The summed E-state index contributed by atoms with van der Waals surface area (Å²) in [5.41, 5.74) is 5.77. The van der Waals surface area contributed by atoms with Crippen molar-refractivity contribution in [3.63, 3.8) is 0 Å². The molecule has 5 heteroatoms. The molecule has 2 rings (SSSR count). The normalized spacial score (nSPS) is 18.7. The number of amides is 2. The molecule has 1 aliphatic rings. The SMILES string of the molecule is NC(=O)N1CCCC1COC(=O)c1ccccc1. The fourth-order valence-electron chi connectivity index (χ4n) is 2.13. The van der Waals surface area contributed by atoms with E-state index in [9.17, 15) is 9.59 Å². The van der Waals surface area contributed by atoms with Gasteiger partial charge in [0.05, 0.1) is 11.6 Å². The van der Waals surface area contributed by atoms with Gasteiger partial charge in [-0.2, -0.15) is 0 Å². The van der Waals surface area contributed by atoms with Crippen molar-refractivity contribution in [1.82, 2.24) is 4.90 Å². The highest BCUT2D eigenvalue weighted by Gasteiger charge is 2.28. The van der Waals surface area contributed by atoms with Gasteiger partial charge in [0.2, 0.25) is 0 Å². The van der Waals surface area contributed by atoms with E-state index in [0.29, 0.717) is 12.1 Å². The molecule has 5 nitrogen and oxygen atoms in total. The van der Waals surface area contributed by atoms with Crippen molar-refractivity contribution in [3.8, 4) is 0 Å². The summed E-state index contributed by atoms with van der Waals surface area (Å²) in [6.07, 6.45) is 1.72. The Balaban J connectivity index is 1.88. The van der Waals surface area contributed by atoms with Crippen LogP contribution in [0.3, 0.4) is 0 Å². The maximum absolute atomic E-state index is 11.7. The first-order valence-corrected chi connectivity index (χ1v) is 5.96. The van der Waals surface area contributed by atoms with Gasteiger partial charge < -0.3 is 15.4 Å². The third-order valence-electron chi connectivity index (χ3n) is 3.08. The number of likely N-dealkylation sites (tertiary alicyclic amines) is 1. The van der Waals surface area contributed by atoms with Crippen LogP contribution in [0, 0.1) is 0 Å². The Kier molecular flexibility index (Phi) is 3.82. The summed E-state index contributed by atoms with van der Waals surface area (Å²) in [7, 11) is 0. The van der Waals surface area contributed by atoms with Crippen molar-refractivity contribution in [3.05, 3.63) is 35.9 Å². The minimum atomic E-state index is -0.451. The first kappa shape index (κ1) is 12.4. The van der Waals surface area contributed by atoms with Gasteiger partial charge >= 0.3 is 12.0 Å². The van der Waals surface area contributed by atoms with Crippen LogP contribution in [0.1, 0.15) is 23.2 Å². The summed E-state index contributed by atoms with van der Waals surface area (Å²) in [4.78, 5) is 24.4. The van der Waals surface area contributed by atoms with Crippen LogP contribution in [0.25, 0.3) is 0 Å². The third-order valence-corrected chi connectivity index (χ3v) is 3.08. The first-order chi connectivity index (χ1) is 8.68. The molecule has 0 spiro atoms. The summed E-state index contributed by atoms with van der Waals surface area (Å²) < 4.78 is 5.20. The van der Waals surface area contributed by atoms with Gasteiger partial charge in [0.1, 0.15) is 6.61 Å². The van der Waals surface area contributed by atoms with Crippen molar-refractivity contribution in [2.24, 2.45) is 5.73 Å². The molecule has 0 bridgehead atoms. The highest BCUT2D eigenvalue weighted by atomic mass is 16.5. The number of hydrogen-bond acceptors (Lipinski definition) is 3. The number of carbonyl (C=O) groups excluding carboxylic acids is 2. The zero-order chi connectivity index (χ0) is 13.0. The van der Waals surface area contributed by atoms with Crippen LogP contribution in [0.4, 0.5) is 4.79 Å². The van der Waals surface area contributed by atoms with Gasteiger partial charge in [0.25, 0.3) is 0 Å². The number of ether oxygens (including phenoxy) is 1. The van der Waals surface area contributed by atoms with Crippen molar-refractivity contribution in [2.45, 2.75) is 18.9 Å². The summed E-state index contributed by atoms with van der Waals surface area (Å²) in [5.74, 6) is -0.369. The average Bonchev–Trinajstić information content (AvgIpc) is 2.85. The molecule has 1 aromatic carbocycles. The fraction of sp³-hybridized carbons (Fsp3) is 0.385. The van der Waals surface area contributed by atoms with Gasteiger partial charge in [0.15, 0.2) is 0 Å². The summed E-state index contributed by atoms with van der Waals surface area (Å²) in [6, 6.07) is 8.25. The van der Waals surface area contributed by atoms with Crippen LogP contribution in [-0.2, 0) is 4.74 Å². The van der Waals surface area contributed by atoms with E-state index in [2.05, 4.69) is 0 Å². The van der Waals surface area contributed by atoms with E-state index in [4.69, 9.17) is 10.5 Å². The Morgan fingerprint density at radius 2 is 2.06 bits per heavy atom. The molecule has 0 saturated carbocycles. The molecule has 0 aromatic heterocycles. The molecule has 2 N–H and O–H groups in total. The Hall–Kier alpha value is -2.04. The van der Waals surface area contributed by atoms with Gasteiger partial charge in [-0.05, 0) is 25.0 Å². The van der Waals surface area contributed by atoms with Gasteiger partial charge in [-0.25, -0.2) is 9.59 Å². The van der Waals surface area contributed by atoms with E-state index in [-0.39, 0.29) is 18.6 Å². The van der Waals surface area contributed by atoms with Crippen LogP contribution in [0.2, 0.25) is 0 Å². The molecular formula is C13H16N2O3. The standard InChI is InChI=1S/C13H16N2O3/c14-13(17)15-8-4-7-11(15)9-18-12(16)10-5-2-1-3-6-10/h1-3,5-6,11H,4,7-9H2,(H2,14,17). The number of urea groups is 1. The van der Waals surface area contributed by atoms with Crippen LogP contribution >= 0.6 is 0 Å². The zero-order valence-electron chi connectivity index (χ0n) is 10.0. The largest absolute Gasteiger partial charge is 0.460 e. The van der Waals surface area contributed by atoms with Gasteiger partial charge in [-0.15, -0.1) is 0 Å². The summed E-state index contributed by atoms with van der Waals surface area (Å²) >= 11 is 0. The predicted octanol–water partition coefficient (Wildman–Crippen LogP) is 1.39. The van der Waals surface area contributed by atoms with Crippen LogP contribution < -0.4 is 5.73 Å². The van der Waals surface area contributed by atoms with Crippen molar-refractivity contribution >= 4 is 12.0 Å². The van der Waals surface area contributed by atoms with Crippen molar-refractivity contribution < 1.29 is 14.3 Å². The van der Waals surface area contributed by atoms with Crippen molar-refractivity contribution in [1.29, 1.82) is 0 Å². The highest BCUT2D eigenvalue weighted by molar-refractivity contribution is 5.89. The molecule has 1 atom stereocenters. The number of rotatable bonds is 3. The smallest absolute Gasteiger partial charge is 0.338 e. The molecule has 1 unspecified atom stereocenters. The van der Waals surface area contributed by atoms with Crippen LogP contribution in [0.5, 0.6) is 0 Å². The molecule has 0 radical (unpaired) electrons. The van der Waals surface area contributed by atoms with Crippen LogP contribution in [0.15, 0.2) is 30.3 Å².